The van der Waals surface area contributed by atoms with Crippen LogP contribution in [0.2, 0.25) is 0 Å². The molecule has 4 heteroatoms. The van der Waals surface area contributed by atoms with Gasteiger partial charge in [0.15, 0.2) is 0 Å². The van der Waals surface area contributed by atoms with Gasteiger partial charge >= 0.3 is 0 Å². The van der Waals surface area contributed by atoms with Crippen LogP contribution in [0.25, 0.3) is 0 Å². The van der Waals surface area contributed by atoms with Crippen molar-refractivity contribution in [3.05, 3.63) is 71.3 Å². The summed E-state index contributed by atoms with van der Waals surface area (Å²) in [6.07, 6.45) is 2.72. The summed E-state index contributed by atoms with van der Waals surface area (Å²) in [5, 5.41) is 2.83. The third kappa shape index (κ3) is 3.16. The lowest BCUT2D eigenvalue weighted by atomic mass is 9.88. The predicted octanol–water partition coefficient (Wildman–Crippen LogP) is 2.63. The first-order valence-electron chi connectivity index (χ1n) is 8.94. The monoisotopic (exact) mass is 334 g/mol. The number of carbonyl (C=O) groups is 2. The number of carbonyl (C=O) groups excluding carboxylic acids is 2. The summed E-state index contributed by atoms with van der Waals surface area (Å²) >= 11 is 0. The largest absolute Gasteiger partial charge is 0.344 e. The number of benzene rings is 2. The number of hydrogen-bond acceptors (Lipinski definition) is 2. The lowest BCUT2D eigenvalue weighted by molar-refractivity contribution is -0.137. The number of fused-ring (bicyclic) bond motifs is 1. The predicted molar refractivity (Wildman–Crippen MR) is 95.9 cm³/mol. The Bertz CT molecular complexity index is 787. The van der Waals surface area contributed by atoms with Crippen LogP contribution in [0.1, 0.15) is 35.6 Å². The van der Waals surface area contributed by atoms with Gasteiger partial charge in [-0.2, -0.15) is 0 Å². The first kappa shape index (κ1) is 15.9. The molecule has 2 amide bonds. The summed E-state index contributed by atoms with van der Waals surface area (Å²) in [5.41, 5.74) is 3.77. The van der Waals surface area contributed by atoms with E-state index in [4.69, 9.17) is 0 Å². The van der Waals surface area contributed by atoms with E-state index in [9.17, 15) is 9.59 Å². The van der Waals surface area contributed by atoms with E-state index < -0.39 is 0 Å². The van der Waals surface area contributed by atoms with Crippen LogP contribution in [0.4, 0.5) is 0 Å². The summed E-state index contributed by atoms with van der Waals surface area (Å²) in [5.74, 6) is 0.0386. The topological polar surface area (TPSA) is 49.4 Å². The molecule has 0 unspecified atom stereocenters. The molecule has 0 spiro atoms. The van der Waals surface area contributed by atoms with Gasteiger partial charge in [0.2, 0.25) is 11.8 Å². The second-order valence-corrected chi connectivity index (χ2v) is 6.84. The molecule has 4 nitrogen and oxygen atoms in total. The maximum Gasteiger partial charge on any atom is 0.245 e. The van der Waals surface area contributed by atoms with Crippen molar-refractivity contribution >= 4 is 11.8 Å². The SMILES string of the molecule is O=C1CC[C@H](C(=O)N2CCc3ccccc3[C@H]2Cc2ccccc2)N1. The van der Waals surface area contributed by atoms with E-state index in [1.165, 1.54) is 16.7 Å². The fraction of sp³-hybridized carbons (Fsp3) is 0.333. The molecule has 4 rings (SSSR count). The molecular weight excluding hydrogens is 312 g/mol. The van der Waals surface area contributed by atoms with Crippen LogP contribution in [0.15, 0.2) is 54.6 Å². The summed E-state index contributed by atoms with van der Waals surface area (Å²) in [6, 6.07) is 18.4. The minimum atomic E-state index is -0.365. The molecule has 0 radical (unpaired) electrons. The zero-order valence-electron chi connectivity index (χ0n) is 14.2. The van der Waals surface area contributed by atoms with E-state index in [0.29, 0.717) is 19.4 Å². The third-order valence-corrected chi connectivity index (χ3v) is 5.26. The Hall–Kier alpha value is -2.62. The average Bonchev–Trinajstić information content (AvgIpc) is 3.09. The third-order valence-electron chi connectivity index (χ3n) is 5.26. The molecule has 25 heavy (non-hydrogen) atoms. The van der Waals surface area contributed by atoms with E-state index in [-0.39, 0.29) is 23.9 Å². The van der Waals surface area contributed by atoms with Gasteiger partial charge in [0, 0.05) is 13.0 Å². The van der Waals surface area contributed by atoms with Gasteiger partial charge in [0.1, 0.15) is 6.04 Å². The second-order valence-electron chi connectivity index (χ2n) is 6.84. The first-order chi connectivity index (χ1) is 12.2. The van der Waals surface area contributed by atoms with Gasteiger partial charge in [-0.15, -0.1) is 0 Å². The van der Waals surface area contributed by atoms with Crippen molar-refractivity contribution in [1.29, 1.82) is 0 Å². The molecule has 0 aliphatic carbocycles. The minimum Gasteiger partial charge on any atom is -0.344 e. The van der Waals surface area contributed by atoms with Crippen LogP contribution in [0.5, 0.6) is 0 Å². The first-order valence-corrected chi connectivity index (χ1v) is 8.94. The van der Waals surface area contributed by atoms with E-state index >= 15 is 0 Å². The molecule has 128 valence electrons. The summed E-state index contributed by atoms with van der Waals surface area (Å²) < 4.78 is 0. The number of nitrogens with zero attached hydrogens (tertiary/aromatic N) is 1. The molecule has 1 saturated heterocycles. The van der Waals surface area contributed by atoms with Crippen molar-refractivity contribution in [3.8, 4) is 0 Å². The standard InChI is InChI=1S/C21H22N2O2/c24-20-11-10-18(22-20)21(25)23-13-12-16-8-4-5-9-17(16)19(23)14-15-6-2-1-3-7-15/h1-9,18-19H,10-14H2,(H,22,24)/t18-,19-/m1/s1. The zero-order valence-corrected chi connectivity index (χ0v) is 14.2. The van der Waals surface area contributed by atoms with Crippen molar-refractivity contribution in [2.45, 2.75) is 37.8 Å². The van der Waals surface area contributed by atoms with Gasteiger partial charge in [-0.25, -0.2) is 0 Å². The molecule has 2 heterocycles. The molecule has 2 atom stereocenters. The van der Waals surface area contributed by atoms with Crippen LogP contribution in [-0.2, 0) is 22.4 Å². The number of amides is 2. The number of rotatable bonds is 3. The molecule has 2 aromatic rings. The smallest absolute Gasteiger partial charge is 0.245 e. The van der Waals surface area contributed by atoms with E-state index in [1.54, 1.807) is 0 Å². The van der Waals surface area contributed by atoms with E-state index in [1.807, 2.05) is 29.2 Å². The van der Waals surface area contributed by atoms with Gasteiger partial charge < -0.3 is 10.2 Å². The molecule has 2 aliphatic heterocycles. The van der Waals surface area contributed by atoms with E-state index in [2.05, 4.69) is 35.6 Å². The Labute approximate surface area is 147 Å². The molecule has 0 bridgehead atoms. The van der Waals surface area contributed by atoms with Gasteiger partial charge in [-0.1, -0.05) is 54.6 Å². The Balaban J connectivity index is 1.65. The van der Waals surface area contributed by atoms with Gasteiger partial charge in [-0.3, -0.25) is 9.59 Å². The molecule has 1 fully saturated rings. The van der Waals surface area contributed by atoms with Crippen molar-refractivity contribution in [1.82, 2.24) is 10.2 Å². The minimum absolute atomic E-state index is 0.0182. The quantitative estimate of drug-likeness (QED) is 0.938. The molecule has 2 aromatic carbocycles. The van der Waals surface area contributed by atoms with Crippen LogP contribution in [0, 0.1) is 0 Å². The molecule has 0 saturated carbocycles. The zero-order chi connectivity index (χ0) is 17.2. The number of hydrogen-bond donors (Lipinski definition) is 1. The molecular formula is C21H22N2O2. The molecule has 0 aromatic heterocycles. The molecule has 2 aliphatic rings. The van der Waals surface area contributed by atoms with Crippen molar-refractivity contribution in [2.24, 2.45) is 0 Å². The van der Waals surface area contributed by atoms with Gasteiger partial charge in [0.05, 0.1) is 6.04 Å². The summed E-state index contributed by atoms with van der Waals surface area (Å²) in [4.78, 5) is 26.6. The number of nitrogens with one attached hydrogen (secondary N) is 1. The highest BCUT2D eigenvalue weighted by Crippen LogP contribution is 2.33. The lowest BCUT2D eigenvalue weighted by Gasteiger charge is -2.39. The van der Waals surface area contributed by atoms with Crippen LogP contribution < -0.4 is 5.32 Å². The average molecular weight is 334 g/mol. The highest BCUT2D eigenvalue weighted by Gasteiger charge is 2.36. The second kappa shape index (κ2) is 6.71. The van der Waals surface area contributed by atoms with Crippen molar-refractivity contribution < 1.29 is 9.59 Å². The highest BCUT2D eigenvalue weighted by molar-refractivity contribution is 5.91. The Morgan fingerprint density at radius 1 is 1.04 bits per heavy atom. The van der Waals surface area contributed by atoms with Gasteiger partial charge in [0.25, 0.3) is 0 Å². The maximum atomic E-state index is 13.1. The lowest BCUT2D eigenvalue weighted by Crippen LogP contribution is -2.49. The van der Waals surface area contributed by atoms with Crippen molar-refractivity contribution in [3.63, 3.8) is 0 Å². The Morgan fingerprint density at radius 2 is 1.80 bits per heavy atom. The fourth-order valence-corrected chi connectivity index (χ4v) is 3.97. The summed E-state index contributed by atoms with van der Waals surface area (Å²) in [7, 11) is 0. The Morgan fingerprint density at radius 3 is 2.56 bits per heavy atom. The highest BCUT2D eigenvalue weighted by atomic mass is 16.2. The van der Waals surface area contributed by atoms with Gasteiger partial charge in [-0.05, 0) is 36.0 Å². The van der Waals surface area contributed by atoms with Crippen molar-refractivity contribution in [2.75, 3.05) is 6.54 Å². The normalized spacial score (nSPS) is 22.4. The summed E-state index contributed by atoms with van der Waals surface area (Å²) in [6.45, 7) is 0.708. The fourth-order valence-electron chi connectivity index (χ4n) is 3.97. The van der Waals surface area contributed by atoms with Crippen LogP contribution >= 0.6 is 0 Å². The Kier molecular flexibility index (Phi) is 4.26. The van der Waals surface area contributed by atoms with Crippen LogP contribution in [0.3, 0.4) is 0 Å². The van der Waals surface area contributed by atoms with E-state index in [0.717, 1.165) is 12.8 Å². The molecule has 1 N–H and O–H groups in total. The van der Waals surface area contributed by atoms with Crippen LogP contribution in [-0.4, -0.2) is 29.3 Å². The maximum absolute atomic E-state index is 13.1.